The van der Waals surface area contributed by atoms with Crippen molar-refractivity contribution in [3.63, 3.8) is 0 Å². The van der Waals surface area contributed by atoms with Crippen molar-refractivity contribution >= 4 is 34.0 Å². The van der Waals surface area contributed by atoms with Crippen molar-refractivity contribution in [2.75, 3.05) is 31.6 Å². The van der Waals surface area contributed by atoms with Gasteiger partial charge in [0, 0.05) is 47.6 Å². The summed E-state index contributed by atoms with van der Waals surface area (Å²) in [4.78, 5) is 37.7. The van der Waals surface area contributed by atoms with Gasteiger partial charge in [0.15, 0.2) is 5.82 Å². The molecule has 248 valence electrons. The molecule has 3 aliphatic rings. The Bertz CT molecular complexity index is 2170. The monoisotopic (exact) mass is 664 g/mol. The number of imidazole rings is 1. The number of hydrogen-bond acceptors (Lipinski definition) is 6. The topological polar surface area (TPSA) is 113 Å². The van der Waals surface area contributed by atoms with E-state index in [1.54, 1.807) is 22.9 Å². The third-order valence-corrected chi connectivity index (χ3v) is 8.77. The van der Waals surface area contributed by atoms with Crippen LogP contribution in [0, 0.1) is 11.6 Å². The Morgan fingerprint density at radius 1 is 1.17 bits per heavy atom. The number of anilines is 1. The van der Waals surface area contributed by atoms with Crippen molar-refractivity contribution < 1.29 is 36.3 Å². The Morgan fingerprint density at radius 3 is 2.60 bits per heavy atom. The van der Waals surface area contributed by atoms with Crippen LogP contribution in [0.3, 0.4) is 0 Å². The molecular weight excluding hydrogens is 635 g/mol. The molecule has 9 nitrogen and oxygen atoms in total. The minimum atomic E-state index is -4.54. The minimum Gasteiger partial charge on any atom is -0.377 e. The summed E-state index contributed by atoms with van der Waals surface area (Å²) >= 11 is 0. The van der Waals surface area contributed by atoms with Gasteiger partial charge in [-0.3, -0.25) is 14.6 Å². The van der Waals surface area contributed by atoms with Crippen LogP contribution in [-0.4, -0.2) is 64.2 Å². The molecule has 1 amide bonds. The molecule has 2 aromatic heterocycles. The highest BCUT2D eigenvalue weighted by Crippen LogP contribution is 2.37. The van der Waals surface area contributed by atoms with Gasteiger partial charge in [-0.2, -0.15) is 13.2 Å². The smallest absolute Gasteiger partial charge is 0.377 e. The maximum Gasteiger partial charge on any atom is 0.414 e. The van der Waals surface area contributed by atoms with Gasteiger partial charge in [0.1, 0.15) is 22.8 Å². The van der Waals surface area contributed by atoms with E-state index in [0.717, 1.165) is 29.8 Å². The predicted molar refractivity (Wildman–Crippen MR) is 166 cm³/mol. The normalized spacial score (nSPS) is 18.4. The number of nitrogens with one attached hydrogen (secondary N) is 3. The predicted octanol–water partition coefficient (Wildman–Crippen LogP) is 4.18. The highest BCUT2D eigenvalue weighted by molar-refractivity contribution is 6.08. The second-order valence-electron chi connectivity index (χ2n) is 12.5. The number of nitrogens with zero attached hydrogens (tertiary/aromatic N) is 3. The summed E-state index contributed by atoms with van der Waals surface area (Å²) in [6.07, 6.45) is 0.892. The van der Waals surface area contributed by atoms with Crippen molar-refractivity contribution in [3.05, 3.63) is 105 Å². The molecule has 0 aliphatic carbocycles. The zero-order chi connectivity index (χ0) is 34.0. The van der Waals surface area contributed by atoms with E-state index in [4.69, 9.17) is 9.73 Å². The lowest BCUT2D eigenvalue weighted by Crippen LogP contribution is -2.58. The van der Waals surface area contributed by atoms with Crippen LogP contribution in [0.15, 0.2) is 65.3 Å². The minimum absolute atomic E-state index is 0.122. The molecule has 0 radical (unpaired) electrons. The van der Waals surface area contributed by atoms with E-state index in [9.17, 15) is 22.8 Å². The fraction of sp³-hybridized carbons (Fsp3) is 0.294. The number of aromatic amines is 1. The number of carbonyl (C=O) groups is 2. The van der Waals surface area contributed by atoms with E-state index in [1.807, 2.05) is 19.9 Å². The largest absolute Gasteiger partial charge is 0.414 e. The van der Waals surface area contributed by atoms with Gasteiger partial charge in [-0.1, -0.05) is 13.0 Å². The highest BCUT2D eigenvalue weighted by atomic mass is 19.4. The fourth-order valence-electron chi connectivity index (χ4n) is 6.16. The van der Waals surface area contributed by atoms with Crippen molar-refractivity contribution in [2.45, 2.75) is 38.0 Å². The molecule has 3 aliphatic heterocycles. The molecule has 48 heavy (non-hydrogen) atoms. The first-order valence-corrected chi connectivity index (χ1v) is 15.2. The van der Waals surface area contributed by atoms with E-state index in [2.05, 4.69) is 20.6 Å². The van der Waals surface area contributed by atoms with Gasteiger partial charge < -0.3 is 24.9 Å². The molecule has 3 N–H and O–H groups in total. The van der Waals surface area contributed by atoms with Crippen LogP contribution in [0.5, 0.6) is 0 Å². The number of benzene rings is 2. The summed E-state index contributed by atoms with van der Waals surface area (Å²) in [7, 11) is 0. The summed E-state index contributed by atoms with van der Waals surface area (Å²) in [6.45, 7) is 5.32. The van der Waals surface area contributed by atoms with Crippen LogP contribution < -0.4 is 21.2 Å². The van der Waals surface area contributed by atoms with Gasteiger partial charge in [0.05, 0.1) is 47.4 Å². The van der Waals surface area contributed by atoms with Gasteiger partial charge in [-0.05, 0) is 48.9 Å². The molecule has 1 saturated heterocycles. The van der Waals surface area contributed by atoms with Crippen LogP contribution in [-0.2, 0) is 16.1 Å². The van der Waals surface area contributed by atoms with E-state index in [-0.39, 0.29) is 34.9 Å². The number of halogens is 5. The summed E-state index contributed by atoms with van der Waals surface area (Å²) in [6, 6.07) is 6.61. The lowest BCUT2D eigenvalue weighted by molar-refractivity contribution is -0.112. The third-order valence-electron chi connectivity index (χ3n) is 8.77. The number of aromatic nitrogens is 3. The molecule has 0 spiro atoms. The van der Waals surface area contributed by atoms with E-state index in [1.165, 1.54) is 6.08 Å². The quantitative estimate of drug-likeness (QED) is 0.156. The van der Waals surface area contributed by atoms with Crippen LogP contribution in [0.25, 0.3) is 16.6 Å². The molecule has 2 aromatic carbocycles. The zero-order valence-corrected chi connectivity index (χ0v) is 25.8. The standard InChI is InChI=1S/C34H29F5N6O3/c1-17-13-40-27-21(22-12-19(34(37,38)39)14-45-9-7-20(17)30(22)45)5-6-25-29(27)44-32(42-25)31(47)18-10-23(35)28(24(36)11-18)43-26(46)4-3-8-41-33(2)15-48-16-33/h3-7,9-12,17,41H,8,13-16H2,1-2H3,(H,42,44)(H,43,46)/b4-3+,22-21?,40-27?. The number of alkyl halides is 3. The first-order chi connectivity index (χ1) is 22.8. The average Bonchev–Trinajstić information content (AvgIpc) is 3.65. The van der Waals surface area contributed by atoms with Gasteiger partial charge in [-0.15, -0.1) is 0 Å². The second-order valence-corrected chi connectivity index (χ2v) is 12.5. The molecule has 0 bridgehead atoms. The number of fused-ring (bicyclic) bond motifs is 3. The number of H-pyrrole nitrogens is 1. The number of amides is 1. The molecule has 1 fully saturated rings. The molecule has 14 heteroatoms. The SMILES string of the molecule is CC1CN=c2c(ccc3[nH]c(C(=O)c4cc(F)c(NC(=O)/C=C/CNC5(C)COC5)c(F)c4)nc23)=C2C=C(C(F)(F)F)Cn3ccc1c32. The van der Waals surface area contributed by atoms with Crippen molar-refractivity contribution in [3.8, 4) is 0 Å². The number of allylic oxidation sites excluding steroid dienone is 2. The van der Waals surface area contributed by atoms with Crippen LogP contribution >= 0.6 is 0 Å². The van der Waals surface area contributed by atoms with Crippen molar-refractivity contribution in [1.82, 2.24) is 19.9 Å². The Hall–Kier alpha value is -4.95. The molecular formula is C34H29F5N6O3. The van der Waals surface area contributed by atoms with Crippen LogP contribution in [0.2, 0.25) is 0 Å². The Labute approximate surface area is 269 Å². The summed E-state index contributed by atoms with van der Waals surface area (Å²) in [5.74, 6) is -4.30. The zero-order valence-electron chi connectivity index (χ0n) is 25.8. The van der Waals surface area contributed by atoms with E-state index >= 15 is 8.78 Å². The summed E-state index contributed by atoms with van der Waals surface area (Å²) in [5.41, 5.74) is 0.500. The molecule has 1 atom stereocenters. The van der Waals surface area contributed by atoms with Crippen molar-refractivity contribution in [1.29, 1.82) is 0 Å². The van der Waals surface area contributed by atoms with Gasteiger partial charge >= 0.3 is 6.18 Å². The fourth-order valence-corrected chi connectivity index (χ4v) is 6.16. The Kier molecular flexibility index (Phi) is 7.67. The molecule has 7 rings (SSSR count). The van der Waals surface area contributed by atoms with Crippen LogP contribution in [0.4, 0.5) is 27.6 Å². The van der Waals surface area contributed by atoms with Gasteiger partial charge in [0.25, 0.3) is 0 Å². The summed E-state index contributed by atoms with van der Waals surface area (Å²) in [5, 5.41) is 6.07. The highest BCUT2D eigenvalue weighted by Gasteiger charge is 2.37. The van der Waals surface area contributed by atoms with Gasteiger partial charge in [0.2, 0.25) is 11.7 Å². The number of ether oxygens (including phenoxy) is 1. The van der Waals surface area contributed by atoms with E-state index in [0.29, 0.717) is 53.7 Å². The lowest BCUT2D eigenvalue weighted by atomic mass is 9.92. The number of rotatable bonds is 7. The third kappa shape index (κ3) is 5.64. The number of hydrogen-bond donors (Lipinski definition) is 3. The number of carbonyl (C=O) groups excluding carboxylic acids is 2. The Balaban J connectivity index is 1.21. The average molecular weight is 665 g/mol. The molecule has 4 aromatic rings. The van der Waals surface area contributed by atoms with E-state index < -0.39 is 40.8 Å². The van der Waals surface area contributed by atoms with Crippen molar-refractivity contribution in [2.24, 2.45) is 4.99 Å². The molecule has 5 heterocycles. The maximum atomic E-state index is 15.0. The summed E-state index contributed by atoms with van der Waals surface area (Å²) < 4.78 is 78.5. The first kappa shape index (κ1) is 31.6. The second kappa shape index (κ2) is 11.6. The molecule has 0 saturated carbocycles. The van der Waals surface area contributed by atoms with Crippen LogP contribution in [0.1, 0.15) is 47.2 Å². The number of ketones is 1. The first-order valence-electron chi connectivity index (χ1n) is 15.2. The maximum absolute atomic E-state index is 15.0. The van der Waals surface area contributed by atoms with Gasteiger partial charge in [-0.25, -0.2) is 13.8 Å². The molecule has 1 unspecified atom stereocenters. The Morgan fingerprint density at radius 2 is 1.92 bits per heavy atom. The lowest BCUT2D eigenvalue weighted by Gasteiger charge is -2.38.